The summed E-state index contributed by atoms with van der Waals surface area (Å²) in [6, 6.07) is 12.6. The number of hydrogen-bond donors (Lipinski definition) is 0. The van der Waals surface area contributed by atoms with E-state index < -0.39 is 0 Å². The maximum Gasteiger partial charge on any atom is 0.278 e. The van der Waals surface area contributed by atoms with Crippen molar-refractivity contribution in [2.75, 3.05) is 38.2 Å². The molecule has 0 unspecified atom stereocenters. The third kappa shape index (κ3) is 4.07. The molecular formula is C25H24N6O3. The summed E-state index contributed by atoms with van der Waals surface area (Å²) in [5, 5.41) is 0. The molecule has 9 nitrogen and oxygen atoms in total. The Morgan fingerprint density at radius 3 is 2.12 bits per heavy atom. The van der Waals surface area contributed by atoms with Gasteiger partial charge in [0.05, 0.1) is 19.2 Å². The highest BCUT2D eigenvalue weighted by atomic mass is 16.5. The number of anilines is 1. The fourth-order valence-electron chi connectivity index (χ4n) is 4.27. The van der Waals surface area contributed by atoms with Crippen molar-refractivity contribution in [1.82, 2.24) is 24.8 Å². The van der Waals surface area contributed by atoms with Gasteiger partial charge in [0.25, 0.3) is 11.8 Å². The molecule has 3 aromatic rings. The minimum Gasteiger partial charge on any atom is -0.497 e. The minimum atomic E-state index is -0.296. The fourth-order valence-corrected chi connectivity index (χ4v) is 4.27. The average molecular weight is 457 g/mol. The molecule has 1 saturated heterocycles. The van der Waals surface area contributed by atoms with Crippen LogP contribution in [0.5, 0.6) is 5.75 Å². The second-order valence-corrected chi connectivity index (χ2v) is 8.03. The largest absolute Gasteiger partial charge is 0.497 e. The van der Waals surface area contributed by atoms with E-state index >= 15 is 0 Å². The Balaban J connectivity index is 1.45. The summed E-state index contributed by atoms with van der Waals surface area (Å²) >= 11 is 0. The molecule has 4 heterocycles. The normalized spacial score (nSPS) is 16.4. The van der Waals surface area contributed by atoms with Crippen LogP contribution >= 0.6 is 0 Å². The Labute approximate surface area is 197 Å². The monoisotopic (exact) mass is 456 g/mol. The number of carbonyl (C=O) groups excluding carboxylic acids is 2. The number of ether oxygens (including phenoxy) is 1. The van der Waals surface area contributed by atoms with Crippen LogP contribution in [0, 0.1) is 0 Å². The number of amides is 2. The van der Waals surface area contributed by atoms with E-state index in [1.165, 1.54) is 4.90 Å². The van der Waals surface area contributed by atoms with Crippen LogP contribution in [0.4, 0.5) is 5.95 Å². The molecular weight excluding hydrogens is 432 g/mol. The minimum absolute atomic E-state index is 0.196. The van der Waals surface area contributed by atoms with Crippen molar-refractivity contribution < 1.29 is 14.3 Å². The molecule has 0 aliphatic carbocycles. The molecule has 0 radical (unpaired) electrons. The van der Waals surface area contributed by atoms with Gasteiger partial charge in [0, 0.05) is 51.0 Å². The summed E-state index contributed by atoms with van der Waals surface area (Å²) in [6.45, 7) is 2.65. The first-order valence-electron chi connectivity index (χ1n) is 11.1. The SMILES string of the molecule is COc1ccc(C2=C(N3CCN(c4ncccn4)CC3)C(=O)N(Cc3ccncc3)C2=O)cc1. The third-order valence-corrected chi connectivity index (χ3v) is 6.04. The van der Waals surface area contributed by atoms with Crippen molar-refractivity contribution in [3.8, 4) is 5.75 Å². The highest BCUT2D eigenvalue weighted by Crippen LogP contribution is 2.34. The molecule has 2 aliphatic heterocycles. The summed E-state index contributed by atoms with van der Waals surface area (Å²) in [5.74, 6) is 0.778. The number of aromatic nitrogens is 3. The first-order valence-corrected chi connectivity index (χ1v) is 11.1. The van der Waals surface area contributed by atoms with Crippen LogP contribution in [0.1, 0.15) is 11.1 Å². The van der Waals surface area contributed by atoms with Gasteiger partial charge in [-0.2, -0.15) is 0 Å². The second-order valence-electron chi connectivity index (χ2n) is 8.03. The zero-order chi connectivity index (χ0) is 23.5. The van der Waals surface area contributed by atoms with E-state index in [4.69, 9.17) is 4.74 Å². The molecule has 34 heavy (non-hydrogen) atoms. The summed E-state index contributed by atoms with van der Waals surface area (Å²) < 4.78 is 5.26. The molecule has 0 atom stereocenters. The van der Waals surface area contributed by atoms with Crippen molar-refractivity contribution >= 4 is 23.3 Å². The molecule has 0 saturated carbocycles. The number of hydrogen-bond acceptors (Lipinski definition) is 8. The number of pyridine rings is 1. The first-order chi connectivity index (χ1) is 16.7. The van der Waals surface area contributed by atoms with E-state index in [-0.39, 0.29) is 18.4 Å². The van der Waals surface area contributed by atoms with E-state index in [1.54, 1.807) is 50.1 Å². The maximum absolute atomic E-state index is 13.6. The highest BCUT2D eigenvalue weighted by Gasteiger charge is 2.42. The van der Waals surface area contributed by atoms with Crippen LogP contribution in [-0.4, -0.2) is 69.9 Å². The summed E-state index contributed by atoms with van der Waals surface area (Å²) in [7, 11) is 1.59. The number of carbonyl (C=O) groups is 2. The van der Waals surface area contributed by atoms with Crippen molar-refractivity contribution in [2.24, 2.45) is 0 Å². The summed E-state index contributed by atoms with van der Waals surface area (Å²) in [5.41, 5.74) is 2.40. The Morgan fingerprint density at radius 1 is 0.824 bits per heavy atom. The van der Waals surface area contributed by atoms with Gasteiger partial charge in [-0.25, -0.2) is 9.97 Å². The number of rotatable bonds is 6. The third-order valence-electron chi connectivity index (χ3n) is 6.04. The van der Waals surface area contributed by atoms with Crippen LogP contribution in [0.15, 0.2) is 72.9 Å². The predicted octanol–water partition coefficient (Wildman–Crippen LogP) is 1.98. The molecule has 2 aromatic heterocycles. The van der Waals surface area contributed by atoms with Gasteiger partial charge in [-0.05, 0) is 41.5 Å². The van der Waals surface area contributed by atoms with Crippen molar-refractivity contribution in [3.05, 3.63) is 84.1 Å². The number of methoxy groups -OCH3 is 1. The molecule has 9 heteroatoms. The quantitative estimate of drug-likeness (QED) is 0.520. The molecule has 2 amide bonds. The summed E-state index contributed by atoms with van der Waals surface area (Å²) in [4.78, 5) is 45.2. The van der Waals surface area contributed by atoms with Gasteiger partial charge in [-0.3, -0.25) is 19.5 Å². The van der Waals surface area contributed by atoms with E-state index in [0.717, 1.165) is 5.56 Å². The van der Waals surface area contributed by atoms with Crippen LogP contribution in [0.2, 0.25) is 0 Å². The number of piperazine rings is 1. The standard InChI is InChI=1S/C25H24N6O3/c1-34-20-5-3-19(4-6-20)21-22(24(33)31(23(21)32)17-18-7-11-26-12-8-18)29-13-15-30(16-14-29)25-27-9-2-10-28-25/h2-12H,13-17H2,1H3. The van der Waals surface area contributed by atoms with Crippen LogP contribution in [0.3, 0.4) is 0 Å². The number of nitrogens with zero attached hydrogens (tertiary/aromatic N) is 6. The van der Waals surface area contributed by atoms with Gasteiger partial charge in [-0.15, -0.1) is 0 Å². The second kappa shape index (κ2) is 9.30. The zero-order valence-electron chi connectivity index (χ0n) is 18.8. The zero-order valence-corrected chi connectivity index (χ0v) is 18.8. The van der Waals surface area contributed by atoms with Gasteiger partial charge in [-0.1, -0.05) is 12.1 Å². The molecule has 1 fully saturated rings. The smallest absolute Gasteiger partial charge is 0.278 e. The van der Waals surface area contributed by atoms with Crippen LogP contribution in [-0.2, 0) is 16.1 Å². The Bertz CT molecular complexity index is 1210. The lowest BCUT2D eigenvalue weighted by molar-refractivity contribution is -0.138. The van der Waals surface area contributed by atoms with Crippen molar-refractivity contribution in [3.63, 3.8) is 0 Å². The molecule has 2 aliphatic rings. The Kier molecular flexibility index (Phi) is 5.90. The molecule has 5 rings (SSSR count). The van der Waals surface area contributed by atoms with Gasteiger partial charge in [0.15, 0.2) is 0 Å². The molecule has 0 spiro atoms. The van der Waals surface area contributed by atoms with Gasteiger partial charge >= 0.3 is 0 Å². The molecule has 1 aromatic carbocycles. The van der Waals surface area contributed by atoms with Crippen LogP contribution in [0.25, 0.3) is 5.57 Å². The Morgan fingerprint density at radius 2 is 1.47 bits per heavy atom. The topological polar surface area (TPSA) is 91.8 Å². The maximum atomic E-state index is 13.6. The summed E-state index contributed by atoms with van der Waals surface area (Å²) in [6.07, 6.45) is 6.75. The lowest BCUT2D eigenvalue weighted by atomic mass is 10.0. The lowest BCUT2D eigenvalue weighted by Gasteiger charge is -2.36. The predicted molar refractivity (Wildman–Crippen MR) is 126 cm³/mol. The van der Waals surface area contributed by atoms with Gasteiger partial charge in [0.2, 0.25) is 5.95 Å². The Hall–Kier alpha value is -4.27. The van der Waals surface area contributed by atoms with E-state index in [2.05, 4.69) is 19.9 Å². The molecule has 0 N–H and O–H groups in total. The highest BCUT2D eigenvalue weighted by molar-refractivity contribution is 6.35. The van der Waals surface area contributed by atoms with Gasteiger partial charge in [0.1, 0.15) is 11.4 Å². The molecule has 172 valence electrons. The van der Waals surface area contributed by atoms with Gasteiger partial charge < -0.3 is 14.5 Å². The number of benzene rings is 1. The molecule has 0 bridgehead atoms. The van der Waals surface area contributed by atoms with E-state index in [1.807, 2.05) is 29.2 Å². The fraction of sp³-hybridized carbons (Fsp3) is 0.240. The first kappa shape index (κ1) is 21.6. The lowest BCUT2D eigenvalue weighted by Crippen LogP contribution is -2.48. The van der Waals surface area contributed by atoms with Crippen molar-refractivity contribution in [2.45, 2.75) is 6.54 Å². The van der Waals surface area contributed by atoms with Crippen LogP contribution < -0.4 is 9.64 Å². The number of imide groups is 1. The van der Waals surface area contributed by atoms with E-state index in [0.29, 0.717) is 54.7 Å². The van der Waals surface area contributed by atoms with Crippen molar-refractivity contribution in [1.29, 1.82) is 0 Å². The average Bonchev–Trinajstić information content (AvgIpc) is 3.15. The van der Waals surface area contributed by atoms with E-state index in [9.17, 15) is 9.59 Å².